The van der Waals surface area contributed by atoms with E-state index in [2.05, 4.69) is 15.3 Å². The molecular formula is C27H23N5O3S. The maximum absolute atomic E-state index is 12.6. The average molecular weight is 498 g/mol. The number of nitrogens with zero attached hydrogens (tertiary/aromatic N) is 3. The van der Waals surface area contributed by atoms with Crippen molar-refractivity contribution in [3.05, 3.63) is 94.2 Å². The summed E-state index contributed by atoms with van der Waals surface area (Å²) in [7, 11) is 1.94. The fourth-order valence-corrected chi connectivity index (χ4v) is 4.55. The van der Waals surface area contributed by atoms with Gasteiger partial charge in [-0.05, 0) is 31.2 Å². The van der Waals surface area contributed by atoms with Crippen molar-refractivity contribution in [1.29, 1.82) is 0 Å². The number of ether oxygens (including phenoxy) is 1. The van der Waals surface area contributed by atoms with Gasteiger partial charge in [-0.15, -0.1) is 11.3 Å². The largest absolute Gasteiger partial charge is 0.461 e. The van der Waals surface area contributed by atoms with Gasteiger partial charge in [-0.2, -0.15) is 0 Å². The number of carbonyl (C=O) groups is 1. The van der Waals surface area contributed by atoms with Crippen LogP contribution in [0.4, 0.5) is 22.2 Å². The number of hydrogen-bond donors (Lipinski definition) is 2. The zero-order valence-corrected chi connectivity index (χ0v) is 20.5. The summed E-state index contributed by atoms with van der Waals surface area (Å²) >= 11 is 1.49. The molecule has 0 aliphatic heterocycles. The summed E-state index contributed by atoms with van der Waals surface area (Å²) in [6.07, 6.45) is 0. The molecule has 0 radical (unpaired) electrons. The van der Waals surface area contributed by atoms with E-state index in [1.807, 2.05) is 84.1 Å². The number of carbonyl (C=O) groups excluding carboxylic acids is 1. The number of esters is 1. The van der Waals surface area contributed by atoms with Gasteiger partial charge in [0.2, 0.25) is 5.69 Å². The number of rotatable bonds is 7. The minimum absolute atomic E-state index is 0.154. The normalized spacial score (nSPS) is 10.8. The Morgan fingerprint density at radius 3 is 2.50 bits per heavy atom. The number of anilines is 4. The quantitative estimate of drug-likeness (QED) is 0.277. The molecule has 0 unspecified atom stereocenters. The van der Waals surface area contributed by atoms with Crippen LogP contribution >= 0.6 is 11.3 Å². The van der Waals surface area contributed by atoms with Gasteiger partial charge >= 0.3 is 5.97 Å². The number of thiazole rings is 1. The second-order valence-corrected chi connectivity index (χ2v) is 8.80. The first-order chi connectivity index (χ1) is 17.5. The van der Waals surface area contributed by atoms with Gasteiger partial charge in [0.15, 0.2) is 5.13 Å². The van der Waals surface area contributed by atoms with Crippen LogP contribution in [0, 0.1) is 0 Å². The summed E-state index contributed by atoms with van der Waals surface area (Å²) in [5, 5.41) is 6.10. The minimum atomic E-state index is -0.753. The van der Waals surface area contributed by atoms with E-state index < -0.39 is 11.5 Å². The van der Waals surface area contributed by atoms with E-state index in [9.17, 15) is 9.59 Å². The van der Waals surface area contributed by atoms with E-state index in [0.717, 1.165) is 28.3 Å². The van der Waals surface area contributed by atoms with Crippen LogP contribution in [-0.4, -0.2) is 34.6 Å². The fourth-order valence-electron chi connectivity index (χ4n) is 3.82. The van der Waals surface area contributed by atoms with Crippen LogP contribution < -0.4 is 15.8 Å². The van der Waals surface area contributed by atoms with E-state index in [0.29, 0.717) is 16.2 Å². The summed E-state index contributed by atoms with van der Waals surface area (Å²) in [6, 6.07) is 23.5. The molecule has 0 amide bonds. The number of hydrogen-bond acceptors (Lipinski definition) is 8. The Morgan fingerprint density at radius 2 is 1.78 bits per heavy atom. The van der Waals surface area contributed by atoms with Crippen molar-refractivity contribution in [2.45, 2.75) is 6.92 Å². The van der Waals surface area contributed by atoms with Gasteiger partial charge in [-0.25, -0.2) is 14.8 Å². The molecule has 180 valence electrons. The van der Waals surface area contributed by atoms with Crippen LogP contribution in [0.25, 0.3) is 22.3 Å². The van der Waals surface area contributed by atoms with Crippen LogP contribution in [0.2, 0.25) is 0 Å². The molecule has 2 heterocycles. The van der Waals surface area contributed by atoms with Gasteiger partial charge in [0.25, 0.3) is 5.56 Å². The zero-order chi connectivity index (χ0) is 25.1. The highest BCUT2D eigenvalue weighted by Crippen LogP contribution is 2.36. The van der Waals surface area contributed by atoms with Crippen molar-refractivity contribution in [3.63, 3.8) is 0 Å². The third-order valence-electron chi connectivity index (χ3n) is 5.60. The fraction of sp³-hybridized carbons (Fsp3) is 0.111. The average Bonchev–Trinajstić information content (AvgIpc) is 3.37. The van der Waals surface area contributed by atoms with Crippen molar-refractivity contribution in [3.8, 4) is 11.3 Å². The molecule has 0 fully saturated rings. The molecular weight excluding hydrogens is 474 g/mol. The number of aromatic nitrogens is 3. The summed E-state index contributed by atoms with van der Waals surface area (Å²) in [4.78, 5) is 38.7. The molecule has 0 atom stereocenters. The lowest BCUT2D eigenvalue weighted by Gasteiger charge is -2.23. The van der Waals surface area contributed by atoms with Crippen molar-refractivity contribution in [1.82, 2.24) is 15.0 Å². The van der Waals surface area contributed by atoms with E-state index in [1.165, 1.54) is 11.3 Å². The first-order valence-corrected chi connectivity index (χ1v) is 12.2. The Morgan fingerprint density at radius 1 is 1.06 bits per heavy atom. The highest BCUT2D eigenvalue weighted by atomic mass is 32.1. The maximum atomic E-state index is 12.6. The molecule has 2 aromatic heterocycles. The molecule has 0 spiro atoms. The van der Waals surface area contributed by atoms with Crippen molar-refractivity contribution >= 4 is 50.5 Å². The predicted octanol–water partition coefficient (Wildman–Crippen LogP) is 5.73. The van der Waals surface area contributed by atoms with Gasteiger partial charge in [0.05, 0.1) is 34.7 Å². The lowest BCUT2D eigenvalue weighted by molar-refractivity contribution is 0.0517. The SMILES string of the molecule is CCOC(=O)c1nc2cc(N(C)c3ccccc3)c(Nc3nc(-c4ccccc4)cs3)cc2[nH]c1=O. The number of H-pyrrole nitrogens is 1. The smallest absolute Gasteiger partial charge is 0.362 e. The summed E-state index contributed by atoms with van der Waals surface area (Å²) in [6.45, 7) is 1.83. The summed E-state index contributed by atoms with van der Waals surface area (Å²) < 4.78 is 5.00. The lowest BCUT2D eigenvalue weighted by atomic mass is 10.2. The van der Waals surface area contributed by atoms with Crippen LogP contribution in [-0.2, 0) is 4.74 Å². The number of para-hydroxylation sites is 1. The number of nitrogens with one attached hydrogen (secondary N) is 2. The van der Waals surface area contributed by atoms with E-state index in [1.54, 1.807) is 13.0 Å². The first kappa shape index (κ1) is 23.3. The van der Waals surface area contributed by atoms with Gasteiger partial charge in [0.1, 0.15) is 0 Å². The van der Waals surface area contributed by atoms with E-state index in [4.69, 9.17) is 9.72 Å². The van der Waals surface area contributed by atoms with E-state index >= 15 is 0 Å². The van der Waals surface area contributed by atoms with Crippen LogP contribution in [0.15, 0.2) is 83.0 Å². The van der Waals surface area contributed by atoms with Gasteiger partial charge in [-0.3, -0.25) is 4.79 Å². The lowest BCUT2D eigenvalue weighted by Crippen LogP contribution is -2.22. The Balaban J connectivity index is 1.60. The minimum Gasteiger partial charge on any atom is -0.461 e. The first-order valence-electron chi connectivity index (χ1n) is 11.4. The molecule has 3 aromatic carbocycles. The topological polar surface area (TPSA) is 100 Å². The second kappa shape index (κ2) is 10.0. The Bertz CT molecular complexity index is 1580. The second-order valence-electron chi connectivity index (χ2n) is 7.95. The predicted molar refractivity (Wildman–Crippen MR) is 144 cm³/mol. The molecule has 36 heavy (non-hydrogen) atoms. The molecule has 0 aliphatic carbocycles. The highest BCUT2D eigenvalue weighted by molar-refractivity contribution is 7.14. The van der Waals surface area contributed by atoms with Crippen LogP contribution in [0.5, 0.6) is 0 Å². The van der Waals surface area contributed by atoms with Crippen LogP contribution in [0.3, 0.4) is 0 Å². The number of benzene rings is 3. The highest BCUT2D eigenvalue weighted by Gasteiger charge is 2.19. The van der Waals surface area contributed by atoms with Crippen molar-refractivity contribution in [2.24, 2.45) is 0 Å². The molecule has 5 aromatic rings. The van der Waals surface area contributed by atoms with Crippen LogP contribution in [0.1, 0.15) is 17.4 Å². The van der Waals surface area contributed by atoms with Gasteiger partial charge in [-0.1, -0.05) is 48.5 Å². The molecule has 0 bridgehead atoms. The van der Waals surface area contributed by atoms with E-state index in [-0.39, 0.29) is 12.3 Å². The zero-order valence-electron chi connectivity index (χ0n) is 19.7. The Labute approximate surface area is 211 Å². The monoisotopic (exact) mass is 497 g/mol. The van der Waals surface area contributed by atoms with Gasteiger partial charge in [0, 0.05) is 23.7 Å². The molecule has 5 rings (SSSR count). The van der Waals surface area contributed by atoms with Crippen molar-refractivity contribution in [2.75, 3.05) is 23.9 Å². The Hall–Kier alpha value is -4.50. The number of aromatic amines is 1. The van der Waals surface area contributed by atoms with Gasteiger partial charge < -0.3 is 19.9 Å². The molecule has 0 saturated carbocycles. The Kier molecular flexibility index (Phi) is 6.46. The third-order valence-corrected chi connectivity index (χ3v) is 6.36. The summed E-state index contributed by atoms with van der Waals surface area (Å²) in [5.41, 5.74) is 4.45. The number of fused-ring (bicyclic) bond motifs is 1. The third kappa shape index (κ3) is 4.69. The molecule has 0 aliphatic rings. The van der Waals surface area contributed by atoms with Crippen molar-refractivity contribution < 1.29 is 9.53 Å². The standard InChI is InChI=1S/C27H23N5O3S/c1-3-35-26(34)24-25(33)29-19-14-21(30-27-31-22(16-36-27)17-10-6-4-7-11-17)23(15-20(19)28-24)32(2)18-12-8-5-9-13-18/h4-16H,3H2,1-2H3,(H,29,33)(H,30,31). The molecule has 0 saturated heterocycles. The maximum Gasteiger partial charge on any atom is 0.362 e. The molecule has 9 heteroatoms. The molecule has 8 nitrogen and oxygen atoms in total. The summed E-state index contributed by atoms with van der Waals surface area (Å²) in [5.74, 6) is -0.753. The molecule has 2 N–H and O–H groups in total.